The molecule has 2 heterocycles. The summed E-state index contributed by atoms with van der Waals surface area (Å²) in [6.45, 7) is 0. The van der Waals surface area contributed by atoms with E-state index in [1.807, 2.05) is 6.07 Å². The van der Waals surface area contributed by atoms with Gasteiger partial charge in [-0.2, -0.15) is 0 Å². The van der Waals surface area contributed by atoms with Crippen molar-refractivity contribution in [2.45, 2.75) is 5.41 Å². The number of benzene rings is 6. The van der Waals surface area contributed by atoms with Crippen molar-refractivity contribution in [1.29, 1.82) is 0 Å². The molecular weight excluding hydrogens is 508 g/mol. The molecule has 2 nitrogen and oxygen atoms in total. The standard InChI is InChI=1S/C37H25ClN2/c38-27-20-23-34-32(24-27)37(29-12-4-7-15-33(29)39-34)30-13-5-8-16-35(30)40(36-17-9-6-14-31(36)37)28-21-18-26(19-22-28)25-10-2-1-3-11-25/h1-24,39H. The van der Waals surface area contributed by atoms with Crippen LogP contribution < -0.4 is 10.2 Å². The Morgan fingerprint density at radius 1 is 0.475 bits per heavy atom. The van der Waals surface area contributed by atoms with Crippen LogP contribution in [0.5, 0.6) is 0 Å². The number of hydrogen-bond acceptors (Lipinski definition) is 2. The van der Waals surface area contributed by atoms with Gasteiger partial charge in [-0.3, -0.25) is 0 Å². The maximum Gasteiger partial charge on any atom is 0.0783 e. The first-order valence-corrected chi connectivity index (χ1v) is 13.9. The van der Waals surface area contributed by atoms with E-state index in [1.54, 1.807) is 0 Å². The van der Waals surface area contributed by atoms with Crippen molar-refractivity contribution in [3.8, 4) is 11.1 Å². The topological polar surface area (TPSA) is 15.3 Å². The highest BCUT2D eigenvalue weighted by molar-refractivity contribution is 6.30. The molecule has 1 spiro atoms. The minimum Gasteiger partial charge on any atom is -0.355 e. The third-order valence-corrected chi connectivity index (χ3v) is 8.55. The second-order valence-corrected chi connectivity index (χ2v) is 10.8. The van der Waals surface area contributed by atoms with Gasteiger partial charge in [0.1, 0.15) is 0 Å². The second-order valence-electron chi connectivity index (χ2n) is 10.4. The van der Waals surface area contributed by atoms with Crippen LogP contribution in [0, 0.1) is 0 Å². The summed E-state index contributed by atoms with van der Waals surface area (Å²) in [7, 11) is 0. The molecule has 0 amide bonds. The van der Waals surface area contributed by atoms with Gasteiger partial charge in [-0.1, -0.05) is 109 Å². The van der Waals surface area contributed by atoms with Crippen LogP contribution >= 0.6 is 11.6 Å². The van der Waals surface area contributed by atoms with Gasteiger partial charge >= 0.3 is 0 Å². The van der Waals surface area contributed by atoms with Crippen molar-refractivity contribution in [3.05, 3.63) is 173 Å². The molecule has 0 unspecified atom stereocenters. The molecule has 40 heavy (non-hydrogen) atoms. The van der Waals surface area contributed by atoms with E-state index >= 15 is 0 Å². The lowest BCUT2D eigenvalue weighted by atomic mass is 9.60. The molecule has 6 aromatic carbocycles. The van der Waals surface area contributed by atoms with Crippen molar-refractivity contribution in [3.63, 3.8) is 0 Å². The van der Waals surface area contributed by atoms with E-state index in [0.29, 0.717) is 0 Å². The van der Waals surface area contributed by atoms with Gasteiger partial charge in [0.15, 0.2) is 0 Å². The SMILES string of the molecule is Clc1ccc2c(c1)C1(c3ccccc3N2)c2ccccc2N(c2ccc(-c3ccccc3)cc2)c2ccccc21. The molecule has 2 aliphatic rings. The quantitative estimate of drug-likeness (QED) is 0.238. The second kappa shape index (κ2) is 8.87. The van der Waals surface area contributed by atoms with Crippen LogP contribution in [0.2, 0.25) is 5.02 Å². The fourth-order valence-electron chi connectivity index (χ4n) is 6.68. The predicted octanol–water partition coefficient (Wildman–Crippen LogP) is 10.2. The number of fused-ring (bicyclic) bond motifs is 8. The predicted molar refractivity (Wildman–Crippen MR) is 167 cm³/mol. The average Bonchev–Trinajstić information content (AvgIpc) is 3.02. The van der Waals surface area contributed by atoms with E-state index in [9.17, 15) is 0 Å². The lowest BCUT2D eigenvalue weighted by molar-refractivity contribution is 0.727. The van der Waals surface area contributed by atoms with Gasteiger partial charge in [-0.05, 0) is 81.9 Å². The lowest BCUT2D eigenvalue weighted by Crippen LogP contribution is -2.40. The number of nitrogens with one attached hydrogen (secondary N) is 1. The minimum absolute atomic E-state index is 0.532. The van der Waals surface area contributed by atoms with E-state index in [1.165, 1.54) is 27.8 Å². The van der Waals surface area contributed by atoms with Gasteiger partial charge in [-0.25, -0.2) is 0 Å². The smallest absolute Gasteiger partial charge is 0.0783 e. The molecule has 1 N–H and O–H groups in total. The lowest BCUT2D eigenvalue weighted by Gasteiger charge is -2.49. The number of anilines is 5. The molecule has 0 atom stereocenters. The normalized spacial score (nSPS) is 14.0. The van der Waals surface area contributed by atoms with Gasteiger partial charge in [0.25, 0.3) is 0 Å². The molecule has 0 radical (unpaired) electrons. The molecule has 0 saturated carbocycles. The average molecular weight is 533 g/mol. The van der Waals surface area contributed by atoms with Crippen LogP contribution in [0.3, 0.4) is 0 Å². The third-order valence-electron chi connectivity index (χ3n) is 8.32. The van der Waals surface area contributed by atoms with Crippen molar-refractivity contribution < 1.29 is 0 Å². The molecule has 8 rings (SSSR count). The number of halogens is 1. The Kier molecular flexibility index (Phi) is 5.13. The summed E-state index contributed by atoms with van der Waals surface area (Å²) < 4.78 is 0. The number of hydrogen-bond donors (Lipinski definition) is 1. The molecule has 6 aromatic rings. The summed E-state index contributed by atoms with van der Waals surface area (Å²) in [6, 6.07) is 51.9. The minimum atomic E-state index is -0.532. The molecule has 2 aliphatic heterocycles. The maximum absolute atomic E-state index is 6.71. The monoisotopic (exact) mass is 532 g/mol. The first kappa shape index (κ1) is 23.1. The summed E-state index contributed by atoms with van der Waals surface area (Å²) in [5.41, 5.74) is 12.4. The summed E-state index contributed by atoms with van der Waals surface area (Å²) in [5, 5.41) is 4.42. The van der Waals surface area contributed by atoms with E-state index in [4.69, 9.17) is 11.6 Å². The zero-order chi connectivity index (χ0) is 26.7. The van der Waals surface area contributed by atoms with Crippen LogP contribution in [-0.4, -0.2) is 0 Å². The molecular formula is C37H25ClN2. The van der Waals surface area contributed by atoms with Crippen molar-refractivity contribution >= 4 is 40.0 Å². The Morgan fingerprint density at radius 3 is 1.73 bits per heavy atom. The summed E-state index contributed by atoms with van der Waals surface area (Å²) in [4.78, 5) is 2.40. The molecule has 0 saturated heterocycles. The molecule has 0 fully saturated rings. The summed E-state index contributed by atoms with van der Waals surface area (Å²) >= 11 is 6.71. The summed E-state index contributed by atoms with van der Waals surface area (Å²) in [5.74, 6) is 0. The Balaban J connectivity index is 1.42. The number of rotatable bonds is 2. The fourth-order valence-corrected chi connectivity index (χ4v) is 6.86. The number of para-hydroxylation sites is 3. The van der Waals surface area contributed by atoms with E-state index in [2.05, 4.69) is 150 Å². The van der Waals surface area contributed by atoms with Crippen LogP contribution in [0.1, 0.15) is 22.3 Å². The summed E-state index contributed by atoms with van der Waals surface area (Å²) in [6.07, 6.45) is 0. The van der Waals surface area contributed by atoms with Gasteiger partial charge in [0.05, 0.1) is 16.8 Å². The van der Waals surface area contributed by atoms with Gasteiger partial charge < -0.3 is 10.2 Å². The van der Waals surface area contributed by atoms with Crippen LogP contribution in [0.4, 0.5) is 28.4 Å². The largest absolute Gasteiger partial charge is 0.355 e. The Morgan fingerprint density at radius 2 is 1.02 bits per heavy atom. The first-order chi connectivity index (χ1) is 19.7. The van der Waals surface area contributed by atoms with Gasteiger partial charge in [0, 0.05) is 22.1 Å². The highest BCUT2D eigenvalue weighted by Gasteiger charge is 2.50. The Labute approximate surface area is 239 Å². The highest BCUT2D eigenvalue weighted by atomic mass is 35.5. The zero-order valence-electron chi connectivity index (χ0n) is 21.7. The Bertz CT molecular complexity index is 1850. The van der Waals surface area contributed by atoms with E-state index < -0.39 is 5.41 Å². The molecule has 190 valence electrons. The van der Waals surface area contributed by atoms with Crippen LogP contribution in [-0.2, 0) is 5.41 Å². The number of nitrogens with zero attached hydrogens (tertiary/aromatic N) is 1. The van der Waals surface area contributed by atoms with Crippen LogP contribution in [0.25, 0.3) is 11.1 Å². The molecule has 3 heteroatoms. The van der Waals surface area contributed by atoms with E-state index in [-0.39, 0.29) is 0 Å². The van der Waals surface area contributed by atoms with Crippen molar-refractivity contribution in [1.82, 2.24) is 0 Å². The molecule has 0 aliphatic carbocycles. The zero-order valence-corrected chi connectivity index (χ0v) is 22.4. The van der Waals surface area contributed by atoms with Gasteiger partial charge in [0.2, 0.25) is 0 Å². The van der Waals surface area contributed by atoms with Gasteiger partial charge in [-0.15, -0.1) is 0 Å². The highest BCUT2D eigenvalue weighted by Crippen LogP contribution is 2.61. The Hall–Kier alpha value is -4.79. The molecule has 0 aromatic heterocycles. The third kappa shape index (κ3) is 3.23. The fraction of sp³-hybridized carbons (Fsp3) is 0.0270. The molecule has 0 bridgehead atoms. The maximum atomic E-state index is 6.71. The van der Waals surface area contributed by atoms with E-state index in [0.717, 1.165) is 39.0 Å². The van der Waals surface area contributed by atoms with Crippen LogP contribution in [0.15, 0.2) is 146 Å². The van der Waals surface area contributed by atoms with Crippen molar-refractivity contribution in [2.75, 3.05) is 10.2 Å². The van der Waals surface area contributed by atoms with Crippen molar-refractivity contribution in [2.24, 2.45) is 0 Å². The first-order valence-electron chi connectivity index (χ1n) is 13.6.